The summed E-state index contributed by atoms with van der Waals surface area (Å²) in [5.74, 6) is -0.115. The predicted molar refractivity (Wildman–Crippen MR) is 110 cm³/mol. The third kappa shape index (κ3) is 3.49. The van der Waals surface area contributed by atoms with E-state index in [1.165, 1.54) is 12.1 Å². The van der Waals surface area contributed by atoms with E-state index in [9.17, 15) is 14.7 Å². The minimum absolute atomic E-state index is 0.244. The number of nitrogens with two attached hydrogens (primary N) is 1. The number of carbonyl (C=O) groups is 2. The van der Waals surface area contributed by atoms with Gasteiger partial charge in [0.2, 0.25) is 0 Å². The van der Waals surface area contributed by atoms with Gasteiger partial charge in [0, 0.05) is 5.39 Å². The number of imide groups is 1. The average molecular weight is 435 g/mol. The number of carbonyl (C=O) groups excluding carboxylic acids is 2. The van der Waals surface area contributed by atoms with Crippen LogP contribution < -0.4 is 11.1 Å². The predicted octanol–water partition coefficient (Wildman–Crippen LogP) is 4.73. The molecule has 4 N–H and O–H groups in total. The number of amides is 2. The molecule has 142 valence electrons. The van der Waals surface area contributed by atoms with Crippen LogP contribution in [0.3, 0.4) is 0 Å². The number of thioether (sulfide) groups is 1. The molecule has 1 unspecified atom stereocenters. The Morgan fingerprint density at radius 1 is 1.14 bits per heavy atom. The zero-order valence-electron chi connectivity index (χ0n) is 14.0. The number of aliphatic hydroxyl groups excluding tert-OH is 1. The molecule has 4 rings (SSSR count). The molecule has 0 saturated carbocycles. The fourth-order valence-corrected chi connectivity index (χ4v) is 3.99. The summed E-state index contributed by atoms with van der Waals surface area (Å²) < 4.78 is 5.73. The van der Waals surface area contributed by atoms with E-state index in [0.29, 0.717) is 21.8 Å². The number of anilines is 1. The number of nitrogen functional groups attached to an aromatic ring is 1. The van der Waals surface area contributed by atoms with Crippen molar-refractivity contribution < 1.29 is 19.1 Å². The SMILES string of the molecule is Nc1c(Cl)cc(C(O)c2cc3cc(/C=C4\SC(=O)NC4=O)ccc3o2)cc1Cl. The number of halogens is 2. The van der Waals surface area contributed by atoms with Crippen molar-refractivity contribution in [1.82, 2.24) is 5.32 Å². The van der Waals surface area contributed by atoms with Gasteiger partial charge in [0.05, 0.1) is 20.6 Å². The van der Waals surface area contributed by atoms with Crippen molar-refractivity contribution in [2.24, 2.45) is 0 Å². The summed E-state index contributed by atoms with van der Waals surface area (Å²) >= 11 is 12.9. The summed E-state index contributed by atoms with van der Waals surface area (Å²) in [4.78, 5) is 23.3. The highest BCUT2D eigenvalue weighted by Crippen LogP contribution is 2.35. The molecule has 1 aliphatic rings. The Hall–Kier alpha value is -2.45. The van der Waals surface area contributed by atoms with Gasteiger partial charge >= 0.3 is 0 Å². The number of hydrogen-bond acceptors (Lipinski definition) is 6. The Kier molecular flexibility index (Phi) is 4.84. The number of furan rings is 1. The molecule has 1 saturated heterocycles. The molecule has 0 bridgehead atoms. The highest BCUT2D eigenvalue weighted by atomic mass is 35.5. The third-order valence-corrected chi connectivity index (χ3v) is 5.62. The van der Waals surface area contributed by atoms with Crippen molar-refractivity contribution in [3.8, 4) is 0 Å². The van der Waals surface area contributed by atoms with Gasteiger partial charge < -0.3 is 15.3 Å². The van der Waals surface area contributed by atoms with Gasteiger partial charge in [-0.25, -0.2) is 0 Å². The van der Waals surface area contributed by atoms with Gasteiger partial charge in [-0.2, -0.15) is 0 Å². The van der Waals surface area contributed by atoms with Crippen molar-refractivity contribution in [1.29, 1.82) is 0 Å². The minimum atomic E-state index is -1.08. The minimum Gasteiger partial charge on any atom is -0.458 e. The lowest BCUT2D eigenvalue weighted by Gasteiger charge is -2.10. The standard InChI is InChI=1S/C19H12Cl2N2O4S/c20-11-5-10(6-12(21)16(11)22)17(24)14-7-9-3-8(1-2-13(9)27-14)4-15-18(25)23-19(26)28-15/h1-7,17,24H,22H2,(H,23,25,26)/b15-4-. The van der Waals surface area contributed by atoms with Crippen LogP contribution in [0.1, 0.15) is 23.0 Å². The van der Waals surface area contributed by atoms with Crippen LogP contribution in [0.15, 0.2) is 45.7 Å². The first-order valence-corrected chi connectivity index (χ1v) is 9.60. The second-order valence-electron chi connectivity index (χ2n) is 6.10. The maximum absolute atomic E-state index is 11.7. The van der Waals surface area contributed by atoms with Gasteiger partial charge in [-0.05, 0) is 59.3 Å². The Labute approximate surface area is 173 Å². The number of aliphatic hydroxyl groups is 1. The van der Waals surface area contributed by atoms with Crippen LogP contribution in [-0.4, -0.2) is 16.3 Å². The second kappa shape index (κ2) is 7.18. The molecule has 0 aliphatic carbocycles. The van der Waals surface area contributed by atoms with Crippen LogP contribution in [-0.2, 0) is 4.79 Å². The molecule has 2 heterocycles. The molecule has 1 fully saturated rings. The number of nitrogens with one attached hydrogen (secondary N) is 1. The molecule has 1 atom stereocenters. The number of hydrogen-bond donors (Lipinski definition) is 3. The molecule has 0 spiro atoms. The van der Waals surface area contributed by atoms with Crippen LogP contribution in [0, 0.1) is 0 Å². The van der Waals surface area contributed by atoms with Gasteiger partial charge in [0.25, 0.3) is 11.1 Å². The molecular formula is C19H12Cl2N2O4S. The number of fused-ring (bicyclic) bond motifs is 1. The monoisotopic (exact) mass is 434 g/mol. The van der Waals surface area contributed by atoms with Crippen molar-refractivity contribution >= 4 is 68.8 Å². The fraction of sp³-hybridized carbons (Fsp3) is 0.0526. The number of rotatable bonds is 3. The van der Waals surface area contributed by atoms with Crippen molar-refractivity contribution in [3.05, 3.63) is 68.2 Å². The van der Waals surface area contributed by atoms with E-state index in [-0.39, 0.29) is 15.7 Å². The maximum Gasteiger partial charge on any atom is 0.290 e. The van der Waals surface area contributed by atoms with Gasteiger partial charge in [-0.1, -0.05) is 29.3 Å². The van der Waals surface area contributed by atoms with Crippen molar-refractivity contribution in [2.45, 2.75) is 6.10 Å². The van der Waals surface area contributed by atoms with E-state index in [1.807, 2.05) is 0 Å². The van der Waals surface area contributed by atoms with Crippen LogP contribution >= 0.6 is 35.0 Å². The summed E-state index contributed by atoms with van der Waals surface area (Å²) in [6.07, 6.45) is 0.533. The Balaban J connectivity index is 1.68. The molecule has 28 heavy (non-hydrogen) atoms. The van der Waals surface area contributed by atoms with Crippen molar-refractivity contribution in [2.75, 3.05) is 5.73 Å². The summed E-state index contributed by atoms with van der Waals surface area (Å²) in [6.45, 7) is 0. The topological polar surface area (TPSA) is 106 Å². The highest BCUT2D eigenvalue weighted by molar-refractivity contribution is 8.18. The largest absolute Gasteiger partial charge is 0.458 e. The van der Waals surface area contributed by atoms with Gasteiger partial charge in [0.1, 0.15) is 17.4 Å². The lowest BCUT2D eigenvalue weighted by molar-refractivity contribution is -0.115. The average Bonchev–Trinajstić information content (AvgIpc) is 3.21. The second-order valence-corrected chi connectivity index (χ2v) is 7.93. The number of benzene rings is 2. The van der Waals surface area contributed by atoms with Gasteiger partial charge in [-0.15, -0.1) is 0 Å². The lowest BCUT2D eigenvalue weighted by atomic mass is 10.1. The highest BCUT2D eigenvalue weighted by Gasteiger charge is 2.25. The summed E-state index contributed by atoms with van der Waals surface area (Å²) in [7, 11) is 0. The van der Waals surface area contributed by atoms with E-state index in [2.05, 4.69) is 5.32 Å². The van der Waals surface area contributed by atoms with Gasteiger partial charge in [-0.3, -0.25) is 14.9 Å². The Morgan fingerprint density at radius 3 is 2.50 bits per heavy atom. The summed E-state index contributed by atoms with van der Waals surface area (Å²) in [5, 5.41) is 13.7. The molecule has 3 aromatic rings. The van der Waals surface area contributed by atoms with Gasteiger partial charge in [0.15, 0.2) is 0 Å². The molecule has 1 aliphatic heterocycles. The zero-order chi connectivity index (χ0) is 20.0. The lowest BCUT2D eigenvalue weighted by Crippen LogP contribution is -2.17. The molecular weight excluding hydrogens is 423 g/mol. The molecule has 6 nitrogen and oxygen atoms in total. The smallest absolute Gasteiger partial charge is 0.290 e. The zero-order valence-corrected chi connectivity index (χ0v) is 16.4. The normalized spacial score (nSPS) is 16.8. The van der Waals surface area contributed by atoms with E-state index >= 15 is 0 Å². The first-order chi connectivity index (χ1) is 13.3. The van der Waals surface area contributed by atoms with Crippen LogP contribution in [0.4, 0.5) is 10.5 Å². The van der Waals surface area contributed by atoms with E-state index in [1.54, 1.807) is 30.3 Å². The fourth-order valence-electron chi connectivity index (χ4n) is 2.81. The maximum atomic E-state index is 11.7. The summed E-state index contributed by atoms with van der Waals surface area (Å²) in [5.41, 5.74) is 7.70. The van der Waals surface area contributed by atoms with Crippen LogP contribution in [0.2, 0.25) is 10.0 Å². The molecule has 2 aromatic carbocycles. The summed E-state index contributed by atoms with van der Waals surface area (Å²) in [6, 6.07) is 10.0. The molecule has 1 aromatic heterocycles. The van der Waals surface area contributed by atoms with Crippen LogP contribution in [0.5, 0.6) is 0 Å². The molecule has 2 amide bonds. The van der Waals surface area contributed by atoms with E-state index in [0.717, 1.165) is 22.7 Å². The molecule has 0 radical (unpaired) electrons. The van der Waals surface area contributed by atoms with E-state index < -0.39 is 17.3 Å². The first kappa shape index (κ1) is 18.9. The van der Waals surface area contributed by atoms with Crippen LogP contribution in [0.25, 0.3) is 17.0 Å². The third-order valence-electron chi connectivity index (χ3n) is 4.19. The first-order valence-electron chi connectivity index (χ1n) is 8.02. The Morgan fingerprint density at radius 2 is 1.86 bits per heavy atom. The van der Waals surface area contributed by atoms with E-state index in [4.69, 9.17) is 33.4 Å². The Bertz CT molecular complexity index is 1150. The molecule has 9 heteroatoms. The van der Waals surface area contributed by atoms with Crippen molar-refractivity contribution in [3.63, 3.8) is 0 Å². The quantitative estimate of drug-likeness (QED) is 0.406.